The van der Waals surface area contributed by atoms with Gasteiger partial charge in [-0.15, -0.1) is 0 Å². The highest BCUT2D eigenvalue weighted by atomic mass is 16.5. The van der Waals surface area contributed by atoms with Crippen LogP contribution in [0.1, 0.15) is 29.2 Å². The van der Waals surface area contributed by atoms with E-state index < -0.39 is 0 Å². The lowest BCUT2D eigenvalue weighted by atomic mass is 10.0. The zero-order chi connectivity index (χ0) is 22.1. The highest BCUT2D eigenvalue weighted by molar-refractivity contribution is 5.97. The summed E-state index contributed by atoms with van der Waals surface area (Å²) in [6.45, 7) is 11.3. The second-order valence-corrected chi connectivity index (χ2v) is 8.40. The third-order valence-electron chi connectivity index (χ3n) is 6.15. The van der Waals surface area contributed by atoms with Gasteiger partial charge in [-0.1, -0.05) is 12.1 Å². The lowest BCUT2D eigenvalue weighted by Crippen LogP contribution is -2.48. The van der Waals surface area contributed by atoms with Crippen molar-refractivity contribution in [1.29, 1.82) is 0 Å². The Bertz CT molecular complexity index is 1150. The normalized spacial score (nSPS) is 14.9. The number of aryl methyl sites for hydroxylation is 3. The highest BCUT2D eigenvalue weighted by Gasteiger charge is 2.22. The van der Waals surface area contributed by atoms with Gasteiger partial charge < -0.3 is 19.0 Å². The van der Waals surface area contributed by atoms with E-state index in [4.69, 9.17) is 9.15 Å². The van der Waals surface area contributed by atoms with Gasteiger partial charge in [-0.3, -0.25) is 4.79 Å². The van der Waals surface area contributed by atoms with Gasteiger partial charge in [0.05, 0.1) is 13.4 Å². The Morgan fingerprint density at radius 3 is 2.48 bits per heavy atom. The van der Waals surface area contributed by atoms with Crippen LogP contribution < -0.4 is 9.64 Å². The number of nitrogens with zero attached hydrogens (tertiary/aromatic N) is 2. The van der Waals surface area contributed by atoms with Gasteiger partial charge in [0.25, 0.3) is 0 Å². The molecule has 5 nitrogen and oxygen atoms in total. The van der Waals surface area contributed by atoms with Crippen molar-refractivity contribution in [1.82, 2.24) is 4.90 Å². The Kier molecular flexibility index (Phi) is 5.77. The number of ether oxygens (including phenoxy) is 1. The number of amides is 1. The third-order valence-corrected chi connectivity index (χ3v) is 6.15. The molecule has 1 aromatic heterocycles. The van der Waals surface area contributed by atoms with E-state index >= 15 is 0 Å². The van der Waals surface area contributed by atoms with E-state index in [0.717, 1.165) is 40.8 Å². The number of hydrogen-bond donors (Lipinski definition) is 0. The van der Waals surface area contributed by atoms with E-state index in [1.54, 1.807) is 19.4 Å². The minimum absolute atomic E-state index is 0.0455. The molecule has 0 radical (unpaired) electrons. The van der Waals surface area contributed by atoms with Gasteiger partial charge >= 0.3 is 0 Å². The van der Waals surface area contributed by atoms with Crippen LogP contribution in [0.25, 0.3) is 16.5 Å². The summed E-state index contributed by atoms with van der Waals surface area (Å²) >= 11 is 0. The first-order chi connectivity index (χ1) is 14.9. The summed E-state index contributed by atoms with van der Waals surface area (Å²) in [6.07, 6.45) is 3.47. The van der Waals surface area contributed by atoms with Gasteiger partial charge in [0.15, 0.2) is 0 Å². The third kappa shape index (κ3) is 4.18. The zero-order valence-corrected chi connectivity index (χ0v) is 19.0. The molecule has 1 amide bonds. The fourth-order valence-electron chi connectivity index (χ4n) is 4.24. The smallest absolute Gasteiger partial charge is 0.246 e. The Hall–Kier alpha value is -3.21. The van der Waals surface area contributed by atoms with Crippen LogP contribution in [0.15, 0.2) is 47.1 Å². The quantitative estimate of drug-likeness (QED) is 0.552. The van der Waals surface area contributed by atoms with Crippen molar-refractivity contribution >= 4 is 28.1 Å². The zero-order valence-electron chi connectivity index (χ0n) is 19.0. The summed E-state index contributed by atoms with van der Waals surface area (Å²) < 4.78 is 11.1. The second kappa shape index (κ2) is 8.50. The van der Waals surface area contributed by atoms with Gasteiger partial charge in [-0.2, -0.15) is 0 Å². The van der Waals surface area contributed by atoms with E-state index in [-0.39, 0.29) is 5.91 Å². The predicted molar refractivity (Wildman–Crippen MR) is 126 cm³/mol. The maximum absolute atomic E-state index is 13.0. The standard InChI is InChI=1S/C26H30N2O3/c1-17-6-7-18(2)23(12-17)27-8-10-28(11-9-27)26(29)13-19(3)21-14-22-20(4)16-31-25(22)15-24(21)30-5/h6-7,12-16H,8-11H2,1-5H3/b19-13+. The van der Waals surface area contributed by atoms with E-state index in [1.165, 1.54) is 16.8 Å². The average Bonchev–Trinajstić information content (AvgIpc) is 3.14. The lowest BCUT2D eigenvalue weighted by molar-refractivity contribution is -0.126. The number of piperazine rings is 1. The van der Waals surface area contributed by atoms with E-state index in [9.17, 15) is 4.79 Å². The molecule has 4 rings (SSSR count). The van der Waals surface area contributed by atoms with Crippen molar-refractivity contribution in [3.63, 3.8) is 0 Å². The van der Waals surface area contributed by atoms with Crippen LogP contribution in [0.4, 0.5) is 5.69 Å². The van der Waals surface area contributed by atoms with Crippen LogP contribution in [-0.4, -0.2) is 44.1 Å². The SMILES string of the molecule is COc1cc2occ(C)c2cc1/C(C)=C/C(=O)N1CCN(c2cc(C)ccc2C)CC1. The molecular formula is C26H30N2O3. The first kappa shape index (κ1) is 21.0. The van der Waals surface area contributed by atoms with Crippen molar-refractivity contribution in [3.05, 3.63) is 64.9 Å². The van der Waals surface area contributed by atoms with Crippen LogP contribution in [0.5, 0.6) is 5.75 Å². The Morgan fingerprint density at radius 2 is 1.77 bits per heavy atom. The number of rotatable bonds is 4. The Morgan fingerprint density at radius 1 is 1.03 bits per heavy atom. The second-order valence-electron chi connectivity index (χ2n) is 8.40. The Balaban J connectivity index is 1.50. The number of methoxy groups -OCH3 is 1. The number of allylic oxidation sites excluding steroid dienone is 1. The van der Waals surface area contributed by atoms with Crippen molar-refractivity contribution in [2.45, 2.75) is 27.7 Å². The molecule has 1 fully saturated rings. The minimum Gasteiger partial charge on any atom is -0.496 e. The molecule has 0 saturated carbocycles. The molecule has 0 spiro atoms. The highest BCUT2D eigenvalue weighted by Crippen LogP contribution is 2.33. The van der Waals surface area contributed by atoms with Crippen LogP contribution in [0, 0.1) is 20.8 Å². The summed E-state index contributed by atoms with van der Waals surface area (Å²) in [5.41, 5.74) is 7.48. The molecular weight excluding hydrogens is 388 g/mol. The van der Waals surface area contributed by atoms with Crippen molar-refractivity contribution in [2.24, 2.45) is 0 Å². The lowest BCUT2D eigenvalue weighted by Gasteiger charge is -2.36. The fourth-order valence-corrected chi connectivity index (χ4v) is 4.24. The first-order valence-corrected chi connectivity index (χ1v) is 10.7. The summed E-state index contributed by atoms with van der Waals surface area (Å²) in [6, 6.07) is 10.5. The largest absolute Gasteiger partial charge is 0.496 e. The first-order valence-electron chi connectivity index (χ1n) is 10.7. The van der Waals surface area contributed by atoms with Crippen molar-refractivity contribution < 1.29 is 13.9 Å². The number of anilines is 1. The van der Waals surface area contributed by atoms with Crippen LogP contribution in [0.3, 0.4) is 0 Å². The molecule has 2 heterocycles. The molecule has 1 aliphatic rings. The molecule has 5 heteroatoms. The molecule has 1 aliphatic heterocycles. The molecule has 3 aromatic rings. The number of benzene rings is 2. The number of hydrogen-bond acceptors (Lipinski definition) is 4. The van der Waals surface area contributed by atoms with E-state index in [1.807, 2.05) is 30.9 Å². The molecule has 0 unspecified atom stereocenters. The summed E-state index contributed by atoms with van der Waals surface area (Å²) in [7, 11) is 1.64. The van der Waals surface area contributed by atoms with Gasteiger partial charge in [0.1, 0.15) is 11.3 Å². The topological polar surface area (TPSA) is 45.9 Å². The van der Waals surface area contributed by atoms with Crippen LogP contribution >= 0.6 is 0 Å². The number of carbonyl (C=O) groups is 1. The molecule has 0 aliphatic carbocycles. The summed E-state index contributed by atoms with van der Waals surface area (Å²) in [5, 5.41) is 1.04. The number of carbonyl (C=O) groups excluding carboxylic acids is 1. The van der Waals surface area contributed by atoms with Gasteiger partial charge in [0, 0.05) is 55.0 Å². The fraction of sp³-hybridized carbons (Fsp3) is 0.346. The number of fused-ring (bicyclic) bond motifs is 1. The molecule has 162 valence electrons. The maximum atomic E-state index is 13.0. The van der Waals surface area contributed by atoms with Crippen molar-refractivity contribution in [3.8, 4) is 5.75 Å². The van der Waals surface area contributed by atoms with Gasteiger partial charge in [-0.05, 0) is 62.1 Å². The average molecular weight is 419 g/mol. The summed E-state index contributed by atoms with van der Waals surface area (Å²) in [5.74, 6) is 0.757. The summed E-state index contributed by atoms with van der Waals surface area (Å²) in [4.78, 5) is 17.3. The number of furan rings is 1. The van der Waals surface area contributed by atoms with Gasteiger partial charge in [0.2, 0.25) is 5.91 Å². The Labute approximate surface area is 183 Å². The van der Waals surface area contributed by atoms with Crippen molar-refractivity contribution in [2.75, 3.05) is 38.2 Å². The van der Waals surface area contributed by atoms with E-state index in [0.29, 0.717) is 18.8 Å². The maximum Gasteiger partial charge on any atom is 0.246 e. The monoisotopic (exact) mass is 418 g/mol. The molecule has 0 atom stereocenters. The van der Waals surface area contributed by atoms with Crippen LogP contribution in [-0.2, 0) is 4.79 Å². The molecule has 1 saturated heterocycles. The van der Waals surface area contributed by atoms with E-state index in [2.05, 4.69) is 36.9 Å². The van der Waals surface area contributed by atoms with Crippen LogP contribution in [0.2, 0.25) is 0 Å². The molecule has 0 bridgehead atoms. The van der Waals surface area contributed by atoms with Gasteiger partial charge in [-0.25, -0.2) is 0 Å². The molecule has 2 aromatic carbocycles. The molecule has 31 heavy (non-hydrogen) atoms. The minimum atomic E-state index is 0.0455. The predicted octanol–water partition coefficient (Wildman–Crippen LogP) is 5.12. The molecule has 0 N–H and O–H groups in total.